The first-order valence-corrected chi connectivity index (χ1v) is 6.93. The number of hydrogen-bond acceptors (Lipinski definition) is 5. The average Bonchev–Trinajstić information content (AvgIpc) is 3.02. The van der Waals surface area contributed by atoms with E-state index in [1.54, 1.807) is 12.4 Å². The van der Waals surface area contributed by atoms with E-state index in [1.165, 1.54) is 0 Å². The molecule has 4 aromatic rings. The largest absolute Gasteiger partial charge is 0.396 e. The predicted octanol–water partition coefficient (Wildman–Crippen LogP) is 1.85. The molecule has 0 saturated heterocycles. The first-order chi connectivity index (χ1) is 11.1. The number of nitrogens with two attached hydrogens (primary N) is 2. The standard InChI is InChI=1S/C16H12N6O/c17-13-10-3-1-2-9(14(10)21-22-15(13)16(18)23)8-4-5-11-12(6-8)20-7-19-11/h1-7H,(H2,17,21)(H2,18,23)(H,19,20). The maximum absolute atomic E-state index is 11.4. The van der Waals surface area contributed by atoms with Crippen LogP contribution in [-0.4, -0.2) is 26.1 Å². The fourth-order valence-corrected chi connectivity index (χ4v) is 2.67. The zero-order chi connectivity index (χ0) is 16.0. The number of rotatable bonds is 2. The number of imidazole rings is 1. The molecule has 0 aliphatic heterocycles. The molecule has 0 saturated carbocycles. The van der Waals surface area contributed by atoms with Crippen molar-refractivity contribution in [2.45, 2.75) is 0 Å². The summed E-state index contributed by atoms with van der Waals surface area (Å²) >= 11 is 0. The lowest BCUT2D eigenvalue weighted by atomic mass is 10.0. The van der Waals surface area contributed by atoms with Crippen LogP contribution in [0.25, 0.3) is 33.1 Å². The van der Waals surface area contributed by atoms with Gasteiger partial charge in [-0.15, -0.1) is 10.2 Å². The van der Waals surface area contributed by atoms with Crippen molar-refractivity contribution in [3.8, 4) is 11.1 Å². The minimum Gasteiger partial charge on any atom is -0.396 e. The van der Waals surface area contributed by atoms with E-state index in [9.17, 15) is 4.79 Å². The summed E-state index contributed by atoms with van der Waals surface area (Å²) in [5.41, 5.74) is 15.8. The van der Waals surface area contributed by atoms with Crippen LogP contribution in [0.1, 0.15) is 10.5 Å². The predicted molar refractivity (Wildman–Crippen MR) is 87.6 cm³/mol. The molecule has 23 heavy (non-hydrogen) atoms. The number of primary amides is 1. The van der Waals surface area contributed by atoms with Gasteiger partial charge in [0.05, 0.1) is 23.0 Å². The summed E-state index contributed by atoms with van der Waals surface area (Å²) < 4.78 is 0. The van der Waals surface area contributed by atoms with E-state index < -0.39 is 5.91 Å². The number of amides is 1. The smallest absolute Gasteiger partial charge is 0.271 e. The first-order valence-electron chi connectivity index (χ1n) is 6.93. The quantitative estimate of drug-likeness (QED) is 0.521. The van der Waals surface area contributed by atoms with Crippen molar-refractivity contribution >= 4 is 33.5 Å². The van der Waals surface area contributed by atoms with Crippen molar-refractivity contribution in [1.82, 2.24) is 20.2 Å². The third-order valence-corrected chi connectivity index (χ3v) is 3.80. The van der Waals surface area contributed by atoms with Crippen molar-refractivity contribution in [2.24, 2.45) is 5.73 Å². The van der Waals surface area contributed by atoms with E-state index in [0.717, 1.165) is 22.2 Å². The van der Waals surface area contributed by atoms with Gasteiger partial charge >= 0.3 is 0 Å². The van der Waals surface area contributed by atoms with Gasteiger partial charge in [0.25, 0.3) is 5.91 Å². The number of benzene rings is 2. The second-order valence-corrected chi connectivity index (χ2v) is 5.16. The van der Waals surface area contributed by atoms with Crippen LogP contribution < -0.4 is 11.5 Å². The number of aromatic nitrogens is 4. The zero-order valence-electron chi connectivity index (χ0n) is 11.9. The van der Waals surface area contributed by atoms with Gasteiger partial charge in [-0.05, 0) is 17.7 Å². The van der Waals surface area contributed by atoms with Crippen LogP contribution in [0.5, 0.6) is 0 Å². The molecule has 0 bridgehead atoms. The van der Waals surface area contributed by atoms with E-state index in [0.29, 0.717) is 10.9 Å². The molecular weight excluding hydrogens is 292 g/mol. The highest BCUT2D eigenvalue weighted by atomic mass is 16.1. The Morgan fingerprint density at radius 3 is 2.83 bits per heavy atom. The minimum atomic E-state index is -0.693. The Morgan fingerprint density at radius 1 is 1.13 bits per heavy atom. The van der Waals surface area contributed by atoms with Gasteiger partial charge in [-0.1, -0.05) is 24.3 Å². The van der Waals surface area contributed by atoms with E-state index in [2.05, 4.69) is 20.2 Å². The van der Waals surface area contributed by atoms with Gasteiger partial charge in [0.15, 0.2) is 5.69 Å². The topological polar surface area (TPSA) is 124 Å². The van der Waals surface area contributed by atoms with Crippen LogP contribution in [0.15, 0.2) is 42.7 Å². The Morgan fingerprint density at radius 2 is 2.00 bits per heavy atom. The number of hydrogen-bond donors (Lipinski definition) is 3. The lowest BCUT2D eigenvalue weighted by Crippen LogP contribution is -2.16. The SMILES string of the molecule is NC(=O)c1nnc2c(-c3ccc4nc[nH]c4c3)cccc2c1N. The summed E-state index contributed by atoms with van der Waals surface area (Å²) in [6.45, 7) is 0. The molecule has 0 radical (unpaired) electrons. The number of H-pyrrole nitrogens is 1. The van der Waals surface area contributed by atoms with Crippen molar-refractivity contribution < 1.29 is 4.79 Å². The average molecular weight is 304 g/mol. The van der Waals surface area contributed by atoms with Crippen molar-refractivity contribution in [2.75, 3.05) is 5.73 Å². The van der Waals surface area contributed by atoms with E-state index in [-0.39, 0.29) is 11.4 Å². The minimum absolute atomic E-state index is 0.0151. The molecule has 112 valence electrons. The lowest BCUT2D eigenvalue weighted by molar-refractivity contribution is 0.0996. The molecule has 0 fully saturated rings. The number of nitrogen functional groups attached to an aromatic ring is 1. The summed E-state index contributed by atoms with van der Waals surface area (Å²) in [7, 11) is 0. The summed E-state index contributed by atoms with van der Waals surface area (Å²) in [5, 5.41) is 8.67. The van der Waals surface area contributed by atoms with Crippen LogP contribution >= 0.6 is 0 Å². The molecule has 0 spiro atoms. The zero-order valence-corrected chi connectivity index (χ0v) is 11.9. The number of nitrogens with zero attached hydrogens (tertiary/aromatic N) is 3. The van der Waals surface area contributed by atoms with Gasteiger partial charge in [-0.2, -0.15) is 0 Å². The lowest BCUT2D eigenvalue weighted by Gasteiger charge is -2.09. The first kappa shape index (κ1) is 13.2. The number of anilines is 1. The summed E-state index contributed by atoms with van der Waals surface area (Å²) in [5.74, 6) is -0.693. The number of carbonyl (C=O) groups is 1. The van der Waals surface area contributed by atoms with E-state index >= 15 is 0 Å². The molecular formula is C16H12N6O. The third-order valence-electron chi connectivity index (χ3n) is 3.80. The summed E-state index contributed by atoms with van der Waals surface area (Å²) in [6.07, 6.45) is 1.65. The Labute approximate surface area is 130 Å². The Hall–Kier alpha value is -3.48. The maximum atomic E-state index is 11.4. The highest BCUT2D eigenvalue weighted by Gasteiger charge is 2.15. The molecule has 1 amide bonds. The van der Waals surface area contributed by atoms with Crippen LogP contribution in [0.3, 0.4) is 0 Å². The van der Waals surface area contributed by atoms with Gasteiger partial charge in [-0.3, -0.25) is 4.79 Å². The molecule has 2 aromatic heterocycles. The molecule has 5 N–H and O–H groups in total. The molecule has 4 rings (SSSR count). The fourth-order valence-electron chi connectivity index (χ4n) is 2.67. The van der Waals surface area contributed by atoms with E-state index in [1.807, 2.05) is 30.3 Å². The van der Waals surface area contributed by atoms with Gasteiger partial charge < -0.3 is 16.5 Å². The normalized spacial score (nSPS) is 11.1. The maximum Gasteiger partial charge on any atom is 0.271 e. The Balaban J connectivity index is 2.00. The highest BCUT2D eigenvalue weighted by molar-refractivity contribution is 6.07. The molecule has 7 heteroatoms. The van der Waals surface area contributed by atoms with Gasteiger partial charge in [0.1, 0.15) is 5.52 Å². The number of fused-ring (bicyclic) bond motifs is 2. The Bertz CT molecular complexity index is 1070. The van der Waals surface area contributed by atoms with Gasteiger partial charge in [-0.25, -0.2) is 4.98 Å². The van der Waals surface area contributed by atoms with Gasteiger partial charge in [0, 0.05) is 10.9 Å². The molecule has 0 aliphatic carbocycles. The van der Waals surface area contributed by atoms with Gasteiger partial charge in [0.2, 0.25) is 0 Å². The third kappa shape index (κ3) is 1.98. The van der Waals surface area contributed by atoms with Crippen LogP contribution in [-0.2, 0) is 0 Å². The monoisotopic (exact) mass is 304 g/mol. The highest BCUT2D eigenvalue weighted by Crippen LogP contribution is 2.31. The molecule has 0 aliphatic rings. The van der Waals surface area contributed by atoms with Crippen LogP contribution in [0.2, 0.25) is 0 Å². The van der Waals surface area contributed by atoms with Crippen LogP contribution in [0.4, 0.5) is 5.69 Å². The Kier molecular flexibility index (Phi) is 2.74. The molecule has 0 unspecified atom stereocenters. The molecule has 0 atom stereocenters. The number of carbonyl (C=O) groups excluding carboxylic acids is 1. The second kappa shape index (κ2) is 4.77. The number of aromatic amines is 1. The molecule has 7 nitrogen and oxygen atoms in total. The van der Waals surface area contributed by atoms with Crippen molar-refractivity contribution in [1.29, 1.82) is 0 Å². The van der Waals surface area contributed by atoms with E-state index in [4.69, 9.17) is 11.5 Å². The number of nitrogens with one attached hydrogen (secondary N) is 1. The molecule has 2 aromatic carbocycles. The summed E-state index contributed by atoms with van der Waals surface area (Å²) in [6, 6.07) is 11.4. The second-order valence-electron chi connectivity index (χ2n) is 5.16. The van der Waals surface area contributed by atoms with Crippen LogP contribution in [0, 0.1) is 0 Å². The summed E-state index contributed by atoms with van der Waals surface area (Å²) in [4.78, 5) is 18.7. The fraction of sp³-hybridized carbons (Fsp3) is 0. The van der Waals surface area contributed by atoms with Crippen molar-refractivity contribution in [3.05, 3.63) is 48.4 Å². The van der Waals surface area contributed by atoms with Crippen molar-refractivity contribution in [3.63, 3.8) is 0 Å². The molecule has 2 heterocycles.